The van der Waals surface area contributed by atoms with Crippen molar-refractivity contribution in [2.24, 2.45) is 23.2 Å². The Hall–Kier alpha value is -0.0400. The lowest BCUT2D eigenvalue weighted by molar-refractivity contribution is -0.0925. The lowest BCUT2D eigenvalue weighted by atomic mass is 9.46. The lowest BCUT2D eigenvalue weighted by Gasteiger charge is -2.58. The van der Waals surface area contributed by atoms with Crippen LogP contribution in [-0.4, -0.2) is 12.2 Å². The molecule has 0 aromatic rings. The molecule has 14 heavy (non-hydrogen) atoms. The average Bonchev–Trinajstić information content (AvgIpc) is 2.82. The second kappa shape index (κ2) is 2.21. The Labute approximate surface area is 86.2 Å². The van der Waals surface area contributed by atoms with E-state index in [4.69, 9.17) is 4.74 Å². The van der Waals surface area contributed by atoms with Crippen molar-refractivity contribution in [2.45, 2.75) is 51.0 Å². The van der Waals surface area contributed by atoms with E-state index in [1.807, 2.05) is 0 Å². The number of epoxide rings is 1. The first kappa shape index (κ1) is 8.15. The highest BCUT2D eigenvalue weighted by atomic mass is 16.6. The molecule has 78 valence electrons. The molecule has 5 fully saturated rings. The number of hydrogen-bond donors (Lipinski definition) is 0. The van der Waals surface area contributed by atoms with Crippen molar-refractivity contribution in [2.75, 3.05) is 6.61 Å². The Bertz CT molecular complexity index is 242. The van der Waals surface area contributed by atoms with Crippen LogP contribution in [0.25, 0.3) is 0 Å². The van der Waals surface area contributed by atoms with Gasteiger partial charge in [-0.05, 0) is 63.2 Å². The highest BCUT2D eigenvalue weighted by Gasteiger charge is 2.64. The Morgan fingerprint density at radius 3 is 1.71 bits per heavy atom. The molecule has 5 aliphatic rings. The second-order valence-corrected chi connectivity index (χ2v) is 6.72. The van der Waals surface area contributed by atoms with Gasteiger partial charge in [0, 0.05) is 5.41 Å². The predicted octanol–water partition coefficient (Wildman–Crippen LogP) is 2.99. The van der Waals surface area contributed by atoms with Gasteiger partial charge in [-0.2, -0.15) is 0 Å². The van der Waals surface area contributed by atoms with Gasteiger partial charge in [0.05, 0.1) is 12.2 Å². The van der Waals surface area contributed by atoms with Crippen molar-refractivity contribution in [3.05, 3.63) is 0 Å². The van der Waals surface area contributed by atoms with Gasteiger partial charge in [0.2, 0.25) is 0 Å². The Balaban J connectivity index is 1.74. The van der Waals surface area contributed by atoms with Crippen molar-refractivity contribution in [3.63, 3.8) is 0 Å². The summed E-state index contributed by atoms with van der Waals surface area (Å²) in [5, 5.41) is 0. The summed E-state index contributed by atoms with van der Waals surface area (Å²) in [6, 6.07) is 0. The first-order valence-corrected chi connectivity index (χ1v) is 6.33. The summed E-state index contributed by atoms with van der Waals surface area (Å²) in [5.74, 6) is 3.21. The Kier molecular flexibility index (Phi) is 1.29. The smallest absolute Gasteiger partial charge is 0.0944 e. The molecule has 5 rings (SSSR count). The predicted molar refractivity (Wildman–Crippen MR) is 55.0 cm³/mol. The van der Waals surface area contributed by atoms with Gasteiger partial charge in [0.1, 0.15) is 0 Å². The second-order valence-electron chi connectivity index (χ2n) is 6.72. The van der Waals surface area contributed by atoms with Crippen molar-refractivity contribution >= 4 is 0 Å². The molecule has 1 atom stereocenters. The fourth-order valence-corrected chi connectivity index (χ4v) is 5.17. The van der Waals surface area contributed by atoms with E-state index in [2.05, 4.69) is 6.92 Å². The van der Waals surface area contributed by atoms with Crippen LogP contribution in [0.3, 0.4) is 0 Å². The fraction of sp³-hybridized carbons (Fsp3) is 1.00. The summed E-state index contributed by atoms with van der Waals surface area (Å²) in [6.07, 6.45) is 9.14. The largest absolute Gasteiger partial charge is 0.369 e. The van der Waals surface area contributed by atoms with Gasteiger partial charge < -0.3 is 4.74 Å². The summed E-state index contributed by atoms with van der Waals surface area (Å²) in [5.41, 5.74) is 0.935. The molecule has 1 nitrogen and oxygen atoms in total. The number of ether oxygens (including phenoxy) is 1. The van der Waals surface area contributed by atoms with Gasteiger partial charge in [-0.25, -0.2) is 0 Å². The minimum absolute atomic E-state index is 0.309. The zero-order chi connectivity index (χ0) is 9.39. The van der Waals surface area contributed by atoms with Crippen LogP contribution in [0.5, 0.6) is 0 Å². The van der Waals surface area contributed by atoms with Crippen molar-refractivity contribution in [1.29, 1.82) is 0 Å². The van der Waals surface area contributed by atoms with Crippen LogP contribution < -0.4 is 0 Å². The molecular formula is C13H20O. The van der Waals surface area contributed by atoms with Crippen LogP contribution in [0.1, 0.15) is 45.4 Å². The molecule has 1 heteroatoms. The highest BCUT2D eigenvalue weighted by molar-refractivity contribution is 5.13. The minimum atomic E-state index is 0.309. The van der Waals surface area contributed by atoms with E-state index in [9.17, 15) is 0 Å². The quantitative estimate of drug-likeness (QED) is 0.582. The third-order valence-electron chi connectivity index (χ3n) is 5.74. The molecule has 1 unspecified atom stereocenters. The third kappa shape index (κ3) is 0.856. The molecular weight excluding hydrogens is 172 g/mol. The molecule has 4 bridgehead atoms. The summed E-state index contributed by atoms with van der Waals surface area (Å²) < 4.78 is 5.78. The van der Waals surface area contributed by atoms with E-state index < -0.39 is 0 Å². The zero-order valence-electron chi connectivity index (χ0n) is 9.09. The van der Waals surface area contributed by atoms with Crippen LogP contribution in [0, 0.1) is 23.2 Å². The standard InChI is InChI=1S/C13H20O/c1-12(8-14-12)13-5-9-2-10(6-13)4-11(3-9)7-13/h9-11H,2-8H2,1H3. The molecule has 0 aromatic carbocycles. The van der Waals surface area contributed by atoms with Crippen molar-refractivity contribution in [3.8, 4) is 0 Å². The maximum absolute atomic E-state index is 5.78. The molecule has 0 radical (unpaired) electrons. The van der Waals surface area contributed by atoms with Crippen molar-refractivity contribution < 1.29 is 4.74 Å². The summed E-state index contributed by atoms with van der Waals surface area (Å²) >= 11 is 0. The Morgan fingerprint density at radius 2 is 1.36 bits per heavy atom. The monoisotopic (exact) mass is 192 g/mol. The first-order chi connectivity index (χ1) is 6.69. The zero-order valence-corrected chi connectivity index (χ0v) is 9.09. The van der Waals surface area contributed by atoms with Crippen LogP contribution in [0.2, 0.25) is 0 Å². The van der Waals surface area contributed by atoms with E-state index in [-0.39, 0.29) is 0 Å². The third-order valence-corrected chi connectivity index (χ3v) is 5.74. The van der Waals surface area contributed by atoms with E-state index in [1.54, 1.807) is 19.3 Å². The van der Waals surface area contributed by atoms with Crippen LogP contribution in [-0.2, 0) is 4.74 Å². The van der Waals surface area contributed by atoms with Crippen LogP contribution >= 0.6 is 0 Å². The topological polar surface area (TPSA) is 12.5 Å². The normalized spacial score (nSPS) is 64.5. The minimum Gasteiger partial charge on any atom is -0.369 e. The molecule has 0 spiro atoms. The number of rotatable bonds is 1. The van der Waals surface area contributed by atoms with Gasteiger partial charge >= 0.3 is 0 Å². The van der Waals surface area contributed by atoms with Gasteiger partial charge in [0.25, 0.3) is 0 Å². The SMILES string of the molecule is CC1(C23CC4CC(CC(C4)C2)C3)CO1. The molecule has 4 aliphatic carbocycles. The fourth-order valence-electron chi connectivity index (χ4n) is 5.17. The molecule has 0 N–H and O–H groups in total. The van der Waals surface area contributed by atoms with Crippen LogP contribution in [0.15, 0.2) is 0 Å². The van der Waals surface area contributed by atoms with Gasteiger partial charge in [0.15, 0.2) is 0 Å². The van der Waals surface area contributed by atoms with E-state index in [0.29, 0.717) is 11.0 Å². The molecule has 1 aliphatic heterocycles. The van der Waals surface area contributed by atoms with E-state index in [0.717, 1.165) is 24.4 Å². The van der Waals surface area contributed by atoms with Crippen molar-refractivity contribution in [1.82, 2.24) is 0 Å². The summed E-state index contributed by atoms with van der Waals surface area (Å²) in [6.45, 7) is 3.43. The molecule has 0 aromatic heterocycles. The van der Waals surface area contributed by atoms with Crippen LogP contribution in [0.4, 0.5) is 0 Å². The average molecular weight is 192 g/mol. The molecule has 4 saturated carbocycles. The van der Waals surface area contributed by atoms with Gasteiger partial charge in [-0.3, -0.25) is 0 Å². The summed E-state index contributed by atoms with van der Waals surface area (Å²) in [7, 11) is 0. The van der Waals surface area contributed by atoms with E-state index in [1.165, 1.54) is 19.3 Å². The lowest BCUT2D eigenvalue weighted by Crippen LogP contribution is -2.52. The maximum atomic E-state index is 5.78. The molecule has 1 saturated heterocycles. The van der Waals surface area contributed by atoms with E-state index >= 15 is 0 Å². The molecule has 1 heterocycles. The molecule has 0 amide bonds. The maximum Gasteiger partial charge on any atom is 0.0944 e. The summed E-state index contributed by atoms with van der Waals surface area (Å²) in [4.78, 5) is 0. The van der Waals surface area contributed by atoms with Gasteiger partial charge in [-0.15, -0.1) is 0 Å². The Morgan fingerprint density at radius 1 is 0.929 bits per heavy atom. The number of hydrogen-bond acceptors (Lipinski definition) is 1. The van der Waals surface area contributed by atoms with Gasteiger partial charge in [-0.1, -0.05) is 0 Å². The highest BCUT2D eigenvalue weighted by Crippen LogP contribution is 2.66. The first-order valence-electron chi connectivity index (χ1n) is 6.33.